The van der Waals surface area contributed by atoms with E-state index in [-0.39, 0.29) is 5.28 Å². The summed E-state index contributed by atoms with van der Waals surface area (Å²) < 4.78 is 1.98. The van der Waals surface area contributed by atoms with Gasteiger partial charge in [0.15, 0.2) is 10.8 Å². The Morgan fingerprint density at radius 2 is 2.06 bits per heavy atom. The molecule has 0 bridgehead atoms. The van der Waals surface area contributed by atoms with Gasteiger partial charge in [0.25, 0.3) is 0 Å². The standard InChI is InChI=1S/C10H12Cl2N4/c1-2-3-4-5-16-6-13-9-7(16)8(11)14-10(12)15-9/h6H,2-5H2,1H3. The van der Waals surface area contributed by atoms with Gasteiger partial charge < -0.3 is 4.57 Å². The highest BCUT2D eigenvalue weighted by atomic mass is 35.5. The molecule has 0 saturated carbocycles. The molecule has 4 nitrogen and oxygen atoms in total. The maximum absolute atomic E-state index is 6.03. The van der Waals surface area contributed by atoms with E-state index >= 15 is 0 Å². The van der Waals surface area contributed by atoms with Gasteiger partial charge in [0.05, 0.1) is 6.33 Å². The van der Waals surface area contributed by atoms with Crippen LogP contribution < -0.4 is 0 Å². The first kappa shape index (κ1) is 11.6. The van der Waals surface area contributed by atoms with E-state index < -0.39 is 0 Å². The second-order valence-electron chi connectivity index (χ2n) is 3.60. The van der Waals surface area contributed by atoms with Crippen molar-refractivity contribution in [3.05, 3.63) is 16.8 Å². The summed E-state index contributed by atoms with van der Waals surface area (Å²) in [4.78, 5) is 12.1. The fourth-order valence-electron chi connectivity index (χ4n) is 1.61. The second-order valence-corrected chi connectivity index (χ2v) is 4.30. The predicted octanol–water partition coefficient (Wildman–Crippen LogP) is 3.32. The largest absolute Gasteiger partial charge is 0.327 e. The maximum atomic E-state index is 6.03. The molecular weight excluding hydrogens is 247 g/mol. The van der Waals surface area contributed by atoms with Crippen LogP contribution >= 0.6 is 23.2 Å². The zero-order valence-electron chi connectivity index (χ0n) is 8.95. The highest BCUT2D eigenvalue weighted by Crippen LogP contribution is 2.21. The molecule has 0 N–H and O–H groups in total. The lowest BCUT2D eigenvalue weighted by atomic mass is 10.2. The summed E-state index contributed by atoms with van der Waals surface area (Å²) >= 11 is 11.7. The molecule has 16 heavy (non-hydrogen) atoms. The minimum Gasteiger partial charge on any atom is -0.327 e. The fraction of sp³-hybridized carbons (Fsp3) is 0.500. The first-order valence-electron chi connectivity index (χ1n) is 5.26. The molecule has 0 aliphatic rings. The van der Waals surface area contributed by atoms with Gasteiger partial charge in [-0.2, -0.15) is 4.98 Å². The van der Waals surface area contributed by atoms with Crippen molar-refractivity contribution in [3.8, 4) is 0 Å². The first-order chi connectivity index (χ1) is 7.72. The van der Waals surface area contributed by atoms with E-state index in [1.165, 1.54) is 12.8 Å². The summed E-state index contributed by atoms with van der Waals surface area (Å²) in [7, 11) is 0. The van der Waals surface area contributed by atoms with Crippen LogP contribution in [0.4, 0.5) is 0 Å². The van der Waals surface area contributed by atoms with Crippen molar-refractivity contribution < 1.29 is 0 Å². The Balaban J connectivity index is 2.33. The number of hydrogen-bond donors (Lipinski definition) is 0. The zero-order chi connectivity index (χ0) is 11.5. The molecule has 0 aliphatic carbocycles. The van der Waals surface area contributed by atoms with Gasteiger partial charge in [-0.25, -0.2) is 9.97 Å². The number of imidazole rings is 1. The monoisotopic (exact) mass is 258 g/mol. The van der Waals surface area contributed by atoms with Crippen molar-refractivity contribution in [3.63, 3.8) is 0 Å². The van der Waals surface area contributed by atoms with Crippen LogP contribution in [0.25, 0.3) is 11.2 Å². The quantitative estimate of drug-likeness (QED) is 0.480. The molecule has 2 heterocycles. The van der Waals surface area contributed by atoms with Gasteiger partial charge >= 0.3 is 0 Å². The molecule has 0 spiro atoms. The van der Waals surface area contributed by atoms with Gasteiger partial charge in [-0.3, -0.25) is 0 Å². The predicted molar refractivity (Wildman–Crippen MR) is 64.9 cm³/mol. The van der Waals surface area contributed by atoms with Crippen molar-refractivity contribution in [1.29, 1.82) is 0 Å². The van der Waals surface area contributed by atoms with Crippen LogP contribution in [0.5, 0.6) is 0 Å². The van der Waals surface area contributed by atoms with Gasteiger partial charge in [0.1, 0.15) is 5.52 Å². The Morgan fingerprint density at radius 3 is 2.81 bits per heavy atom. The Hall–Kier alpha value is -0.870. The van der Waals surface area contributed by atoms with Gasteiger partial charge in [0.2, 0.25) is 5.28 Å². The molecule has 2 rings (SSSR count). The average Bonchev–Trinajstić information content (AvgIpc) is 2.62. The van der Waals surface area contributed by atoms with Crippen molar-refractivity contribution in [1.82, 2.24) is 19.5 Å². The van der Waals surface area contributed by atoms with Gasteiger partial charge in [-0.05, 0) is 18.0 Å². The van der Waals surface area contributed by atoms with Crippen molar-refractivity contribution in [2.75, 3.05) is 0 Å². The number of halogens is 2. The van der Waals surface area contributed by atoms with Gasteiger partial charge in [-0.1, -0.05) is 31.4 Å². The molecule has 2 aromatic heterocycles. The lowest BCUT2D eigenvalue weighted by Gasteiger charge is -2.03. The Labute approximate surface area is 104 Å². The SMILES string of the molecule is CCCCCn1cnc2nc(Cl)nc(Cl)c21. The molecule has 2 aromatic rings. The van der Waals surface area contributed by atoms with Crippen molar-refractivity contribution in [2.45, 2.75) is 32.7 Å². The third-order valence-electron chi connectivity index (χ3n) is 2.40. The van der Waals surface area contributed by atoms with Crippen molar-refractivity contribution >= 4 is 34.4 Å². The number of rotatable bonds is 4. The van der Waals surface area contributed by atoms with E-state index in [0.717, 1.165) is 18.5 Å². The average molecular weight is 259 g/mol. The lowest BCUT2D eigenvalue weighted by molar-refractivity contribution is 0.613. The fourth-order valence-corrected chi connectivity index (χ4v) is 2.09. The van der Waals surface area contributed by atoms with Crippen LogP contribution in [-0.2, 0) is 6.54 Å². The van der Waals surface area contributed by atoms with Gasteiger partial charge in [-0.15, -0.1) is 0 Å². The summed E-state index contributed by atoms with van der Waals surface area (Å²) in [6, 6.07) is 0. The summed E-state index contributed by atoms with van der Waals surface area (Å²) in [6.07, 6.45) is 5.20. The van der Waals surface area contributed by atoms with Crippen LogP contribution in [0.15, 0.2) is 6.33 Å². The Bertz CT molecular complexity index is 495. The molecule has 0 unspecified atom stereocenters. The number of unbranched alkanes of at least 4 members (excludes halogenated alkanes) is 2. The summed E-state index contributed by atoms with van der Waals surface area (Å²) in [5.41, 5.74) is 1.32. The molecule has 86 valence electrons. The molecule has 0 atom stereocenters. The number of hydrogen-bond acceptors (Lipinski definition) is 3. The highest BCUT2D eigenvalue weighted by Gasteiger charge is 2.10. The van der Waals surface area contributed by atoms with Crippen LogP contribution in [0.3, 0.4) is 0 Å². The molecule has 0 radical (unpaired) electrons. The third-order valence-corrected chi connectivity index (χ3v) is 2.84. The molecule has 0 saturated heterocycles. The number of fused-ring (bicyclic) bond motifs is 1. The molecule has 0 fully saturated rings. The number of aryl methyl sites for hydroxylation is 1. The highest BCUT2D eigenvalue weighted by molar-refractivity contribution is 6.35. The van der Waals surface area contributed by atoms with Crippen LogP contribution in [0, 0.1) is 0 Å². The Kier molecular flexibility index (Phi) is 3.61. The lowest BCUT2D eigenvalue weighted by Crippen LogP contribution is -1.97. The third kappa shape index (κ3) is 2.28. The smallest absolute Gasteiger partial charge is 0.225 e. The molecule has 0 aliphatic heterocycles. The van der Waals surface area contributed by atoms with E-state index in [9.17, 15) is 0 Å². The summed E-state index contributed by atoms with van der Waals surface area (Å²) in [6.45, 7) is 3.05. The Morgan fingerprint density at radius 1 is 1.25 bits per heavy atom. The zero-order valence-corrected chi connectivity index (χ0v) is 10.5. The van der Waals surface area contributed by atoms with E-state index in [1.54, 1.807) is 6.33 Å². The molecule has 6 heteroatoms. The van der Waals surface area contributed by atoms with E-state index in [1.807, 2.05) is 4.57 Å². The normalized spacial score (nSPS) is 11.2. The van der Waals surface area contributed by atoms with Crippen LogP contribution in [-0.4, -0.2) is 19.5 Å². The molecular formula is C10H12Cl2N4. The van der Waals surface area contributed by atoms with E-state index in [2.05, 4.69) is 21.9 Å². The van der Waals surface area contributed by atoms with Crippen LogP contribution in [0.1, 0.15) is 26.2 Å². The molecule has 0 amide bonds. The van der Waals surface area contributed by atoms with Crippen LogP contribution in [0.2, 0.25) is 10.4 Å². The minimum atomic E-state index is 0.135. The first-order valence-corrected chi connectivity index (χ1v) is 6.02. The number of nitrogens with zero attached hydrogens (tertiary/aromatic N) is 4. The summed E-state index contributed by atoms with van der Waals surface area (Å²) in [5.74, 6) is 0. The minimum absolute atomic E-state index is 0.135. The molecule has 0 aromatic carbocycles. The van der Waals surface area contributed by atoms with Gasteiger partial charge in [0, 0.05) is 6.54 Å². The van der Waals surface area contributed by atoms with E-state index in [4.69, 9.17) is 23.2 Å². The second kappa shape index (κ2) is 4.97. The van der Waals surface area contributed by atoms with E-state index in [0.29, 0.717) is 10.8 Å². The number of aromatic nitrogens is 4. The van der Waals surface area contributed by atoms with Crippen molar-refractivity contribution in [2.24, 2.45) is 0 Å². The topological polar surface area (TPSA) is 43.6 Å². The maximum Gasteiger partial charge on any atom is 0.225 e. The summed E-state index contributed by atoms with van der Waals surface area (Å²) in [5, 5.41) is 0.500.